The average Bonchev–Trinajstić information content (AvgIpc) is 2.76. The van der Waals surface area contributed by atoms with Gasteiger partial charge in [0, 0.05) is 35.2 Å². The first kappa shape index (κ1) is 23.1. The first-order valence-electron chi connectivity index (χ1n) is 9.61. The summed E-state index contributed by atoms with van der Waals surface area (Å²) in [4.78, 5) is 11.3. The van der Waals surface area contributed by atoms with Crippen LogP contribution in [0.25, 0.3) is 0 Å². The van der Waals surface area contributed by atoms with Gasteiger partial charge in [0.2, 0.25) is 5.95 Å². The van der Waals surface area contributed by atoms with E-state index in [1.807, 2.05) is 31.2 Å². The molecule has 31 heavy (non-hydrogen) atoms. The van der Waals surface area contributed by atoms with Gasteiger partial charge in [-0.05, 0) is 77.5 Å². The van der Waals surface area contributed by atoms with Crippen LogP contribution < -0.4 is 14.5 Å². The Morgan fingerprint density at radius 1 is 0.935 bits per heavy atom. The molecule has 5 nitrogen and oxygen atoms in total. The van der Waals surface area contributed by atoms with Crippen LogP contribution in [-0.4, -0.2) is 30.7 Å². The summed E-state index contributed by atoms with van der Waals surface area (Å²) in [6.07, 6.45) is -2.89. The third-order valence-electron chi connectivity index (χ3n) is 4.59. The second-order valence-corrected chi connectivity index (χ2v) is 8.09. The quantitative estimate of drug-likeness (QED) is 0.322. The minimum atomic E-state index is -4.59. The van der Waals surface area contributed by atoms with Crippen LogP contribution in [0.2, 0.25) is 0 Å². The van der Waals surface area contributed by atoms with E-state index in [4.69, 9.17) is 4.74 Å². The number of ether oxygens (including phenoxy) is 1. The molecule has 0 spiro atoms. The molecule has 0 aliphatic carbocycles. The maximum atomic E-state index is 13.7. The SMILES string of the molecule is CCCOc1ccc(N(C)c2nc(N(C)c3ccc(I)cc3)ncc2C(F)(F)F)cc1. The lowest BCUT2D eigenvalue weighted by Crippen LogP contribution is -2.21. The van der Waals surface area contributed by atoms with Gasteiger partial charge in [-0.25, -0.2) is 4.98 Å². The minimum absolute atomic E-state index is 0.166. The summed E-state index contributed by atoms with van der Waals surface area (Å²) in [5.74, 6) is 0.605. The topological polar surface area (TPSA) is 41.5 Å². The Kier molecular flexibility index (Phi) is 7.24. The Morgan fingerprint density at radius 3 is 2.10 bits per heavy atom. The number of nitrogens with zero attached hydrogens (tertiary/aromatic N) is 4. The summed E-state index contributed by atoms with van der Waals surface area (Å²) in [5.41, 5.74) is 0.420. The fourth-order valence-corrected chi connectivity index (χ4v) is 3.23. The van der Waals surface area contributed by atoms with Crippen molar-refractivity contribution < 1.29 is 17.9 Å². The molecule has 0 N–H and O–H groups in total. The number of alkyl halides is 3. The molecule has 3 rings (SSSR count). The molecular formula is C22H22F3IN4O. The third-order valence-corrected chi connectivity index (χ3v) is 5.31. The summed E-state index contributed by atoms with van der Waals surface area (Å²) >= 11 is 2.19. The zero-order chi connectivity index (χ0) is 22.6. The molecule has 0 fully saturated rings. The van der Waals surface area contributed by atoms with Gasteiger partial charge < -0.3 is 14.5 Å². The first-order chi connectivity index (χ1) is 14.7. The average molecular weight is 542 g/mol. The molecule has 9 heteroatoms. The van der Waals surface area contributed by atoms with Crippen molar-refractivity contribution in [3.63, 3.8) is 0 Å². The van der Waals surface area contributed by atoms with E-state index in [0.717, 1.165) is 21.9 Å². The predicted molar refractivity (Wildman–Crippen MR) is 125 cm³/mol. The van der Waals surface area contributed by atoms with Crippen molar-refractivity contribution in [2.75, 3.05) is 30.5 Å². The summed E-state index contributed by atoms with van der Waals surface area (Å²) in [5, 5.41) is 0. The van der Waals surface area contributed by atoms with E-state index in [1.165, 1.54) is 4.90 Å². The van der Waals surface area contributed by atoms with Gasteiger partial charge in [0.1, 0.15) is 11.3 Å². The number of hydrogen-bond acceptors (Lipinski definition) is 5. The van der Waals surface area contributed by atoms with Crippen molar-refractivity contribution in [2.45, 2.75) is 19.5 Å². The number of anilines is 4. The first-order valence-corrected chi connectivity index (χ1v) is 10.7. The molecule has 0 saturated carbocycles. The van der Waals surface area contributed by atoms with Crippen LogP contribution in [0.4, 0.5) is 36.3 Å². The van der Waals surface area contributed by atoms with E-state index in [9.17, 15) is 13.2 Å². The van der Waals surface area contributed by atoms with E-state index in [2.05, 4.69) is 32.6 Å². The standard InChI is InChI=1S/C22H22F3IN4O/c1-4-13-31-18-11-9-16(10-12-18)29(2)20-19(22(23,24)25)14-27-21(28-20)30(3)17-7-5-15(26)6-8-17/h5-12,14H,4,13H2,1-3H3. The molecule has 0 amide bonds. The predicted octanol–water partition coefficient (Wildman–Crippen LogP) is 6.42. The van der Waals surface area contributed by atoms with Crippen LogP contribution in [0.5, 0.6) is 5.75 Å². The van der Waals surface area contributed by atoms with E-state index >= 15 is 0 Å². The van der Waals surface area contributed by atoms with Crippen LogP contribution in [0.1, 0.15) is 18.9 Å². The van der Waals surface area contributed by atoms with Crippen LogP contribution >= 0.6 is 22.6 Å². The highest BCUT2D eigenvalue weighted by atomic mass is 127. The fourth-order valence-electron chi connectivity index (χ4n) is 2.87. The number of aromatic nitrogens is 2. The smallest absolute Gasteiger partial charge is 0.421 e. The summed E-state index contributed by atoms with van der Waals surface area (Å²) in [6, 6.07) is 14.4. The fraction of sp³-hybridized carbons (Fsp3) is 0.273. The maximum absolute atomic E-state index is 13.7. The van der Waals surface area contributed by atoms with Crippen molar-refractivity contribution in [1.82, 2.24) is 9.97 Å². The Labute approximate surface area is 193 Å². The lowest BCUT2D eigenvalue weighted by atomic mass is 10.2. The van der Waals surface area contributed by atoms with Gasteiger partial charge in [-0.1, -0.05) is 6.92 Å². The molecule has 1 aromatic heterocycles. The molecule has 3 aromatic rings. The number of halogens is 4. The van der Waals surface area contributed by atoms with E-state index < -0.39 is 11.7 Å². The normalized spacial score (nSPS) is 11.3. The molecule has 0 saturated heterocycles. The van der Waals surface area contributed by atoms with Gasteiger partial charge in [-0.3, -0.25) is 0 Å². The molecular weight excluding hydrogens is 520 g/mol. The molecule has 0 aliphatic rings. The summed E-state index contributed by atoms with van der Waals surface area (Å²) < 4.78 is 47.7. The Hall–Kier alpha value is -2.56. The van der Waals surface area contributed by atoms with Crippen LogP contribution in [0.15, 0.2) is 54.7 Å². The highest BCUT2D eigenvalue weighted by molar-refractivity contribution is 14.1. The van der Waals surface area contributed by atoms with Gasteiger partial charge >= 0.3 is 6.18 Å². The molecule has 0 aliphatic heterocycles. The molecule has 2 aromatic carbocycles. The largest absolute Gasteiger partial charge is 0.494 e. The number of hydrogen-bond donors (Lipinski definition) is 0. The van der Waals surface area contributed by atoms with Crippen molar-refractivity contribution in [1.29, 1.82) is 0 Å². The van der Waals surface area contributed by atoms with Gasteiger partial charge in [0.25, 0.3) is 0 Å². The molecule has 0 radical (unpaired) electrons. The number of benzene rings is 2. The Balaban J connectivity index is 1.98. The van der Waals surface area contributed by atoms with Gasteiger partial charge in [-0.2, -0.15) is 18.2 Å². The minimum Gasteiger partial charge on any atom is -0.494 e. The molecule has 1 heterocycles. The van der Waals surface area contributed by atoms with Crippen molar-refractivity contribution in [3.8, 4) is 5.75 Å². The zero-order valence-corrected chi connectivity index (χ0v) is 19.5. The highest BCUT2D eigenvalue weighted by Gasteiger charge is 2.37. The second kappa shape index (κ2) is 9.71. The summed E-state index contributed by atoms with van der Waals surface area (Å²) in [6.45, 7) is 2.58. The van der Waals surface area contributed by atoms with Gasteiger partial charge in [0.05, 0.1) is 6.61 Å². The zero-order valence-electron chi connectivity index (χ0n) is 17.3. The van der Waals surface area contributed by atoms with Crippen molar-refractivity contribution >= 4 is 45.7 Å². The molecule has 0 atom stereocenters. The second-order valence-electron chi connectivity index (χ2n) is 6.84. The van der Waals surface area contributed by atoms with Crippen LogP contribution in [-0.2, 0) is 6.18 Å². The molecule has 0 bridgehead atoms. The van der Waals surface area contributed by atoms with E-state index in [1.54, 1.807) is 43.3 Å². The van der Waals surface area contributed by atoms with Gasteiger partial charge in [0.15, 0.2) is 5.82 Å². The summed E-state index contributed by atoms with van der Waals surface area (Å²) in [7, 11) is 3.27. The van der Waals surface area contributed by atoms with E-state index in [0.29, 0.717) is 18.0 Å². The van der Waals surface area contributed by atoms with Crippen LogP contribution in [0, 0.1) is 3.57 Å². The lowest BCUT2D eigenvalue weighted by Gasteiger charge is -2.25. The monoisotopic (exact) mass is 542 g/mol. The Bertz CT molecular complexity index is 1010. The van der Waals surface area contributed by atoms with Crippen molar-refractivity contribution in [3.05, 3.63) is 63.9 Å². The van der Waals surface area contributed by atoms with Crippen LogP contribution in [0.3, 0.4) is 0 Å². The molecule has 164 valence electrons. The van der Waals surface area contributed by atoms with E-state index in [-0.39, 0.29) is 11.8 Å². The number of rotatable bonds is 7. The third kappa shape index (κ3) is 5.57. The Morgan fingerprint density at radius 2 is 1.52 bits per heavy atom. The van der Waals surface area contributed by atoms with Crippen molar-refractivity contribution in [2.24, 2.45) is 0 Å². The maximum Gasteiger partial charge on any atom is 0.421 e. The lowest BCUT2D eigenvalue weighted by molar-refractivity contribution is -0.137. The highest BCUT2D eigenvalue weighted by Crippen LogP contribution is 2.38. The van der Waals surface area contributed by atoms with Gasteiger partial charge in [-0.15, -0.1) is 0 Å². The molecule has 0 unspecified atom stereocenters.